The molecule has 0 aliphatic carbocycles. The molecule has 126 valence electrons. The summed E-state index contributed by atoms with van der Waals surface area (Å²) in [5.41, 5.74) is 2.65. The number of thioether (sulfide) groups is 2. The van der Waals surface area contributed by atoms with E-state index in [9.17, 15) is 0 Å². The molecule has 0 heterocycles. The minimum Gasteiger partial charge on any atom is -0.179 e. The maximum atomic E-state index is 4.27. The monoisotopic (exact) mass is 630 g/mol. The van der Waals surface area contributed by atoms with Crippen molar-refractivity contribution < 1.29 is 0 Å². The molecule has 0 amide bonds. The Labute approximate surface area is 186 Å². The van der Waals surface area contributed by atoms with Gasteiger partial charge in [0.15, 0.2) is 0 Å². The first kappa shape index (κ1) is 22.6. The van der Waals surface area contributed by atoms with Gasteiger partial charge in [0.05, 0.1) is 0 Å². The predicted molar refractivity (Wildman–Crippen MR) is 127 cm³/mol. The van der Waals surface area contributed by atoms with Crippen LogP contribution in [0.5, 0.6) is 0 Å². The van der Waals surface area contributed by atoms with Crippen LogP contribution in [-0.4, -0.2) is 23.0 Å². The Morgan fingerprint density at radius 1 is 0.636 bits per heavy atom. The van der Waals surface area contributed by atoms with Crippen molar-refractivity contribution in [1.82, 2.24) is 0 Å². The maximum absolute atomic E-state index is 4.27. The van der Waals surface area contributed by atoms with Crippen LogP contribution in [0.15, 0.2) is 17.9 Å². The zero-order valence-corrected chi connectivity index (χ0v) is 21.6. The topological polar surface area (TPSA) is 0 Å². The van der Waals surface area contributed by atoms with E-state index in [-0.39, 0.29) is 0 Å². The molecule has 0 nitrogen and oxygen atoms in total. The average molecular weight is 634 g/mol. The van der Waals surface area contributed by atoms with Gasteiger partial charge in [-0.1, -0.05) is 15.9 Å². The third-order valence-corrected chi connectivity index (χ3v) is 10.2. The second kappa shape index (κ2) is 12.8. The van der Waals surface area contributed by atoms with E-state index in [1.54, 1.807) is 0 Å². The molecular weight excluding hydrogens is 616 g/mol. The number of hydrogen-bond acceptors (Lipinski definition) is 4. The zero-order chi connectivity index (χ0) is 16.5. The maximum Gasteiger partial charge on any atom is 0.0466 e. The number of rotatable bonds is 10. The number of thiol groups is 2. The van der Waals surface area contributed by atoms with Crippen LogP contribution in [0.4, 0.5) is 0 Å². The first-order valence-electron chi connectivity index (χ1n) is 6.75. The lowest BCUT2D eigenvalue weighted by Gasteiger charge is -2.16. The van der Waals surface area contributed by atoms with Crippen molar-refractivity contribution in [2.75, 3.05) is 23.0 Å². The Morgan fingerprint density at radius 3 is 1.41 bits per heavy atom. The molecule has 0 N–H and O–H groups in total. The van der Waals surface area contributed by atoms with Crippen LogP contribution in [0.25, 0.3) is 0 Å². The van der Waals surface area contributed by atoms with Crippen LogP contribution in [0, 0.1) is 0 Å². The summed E-state index contributed by atoms with van der Waals surface area (Å²) in [5.74, 6) is 6.17. The fraction of sp³-hybridized carbons (Fsp3) is 0.571. The molecule has 22 heavy (non-hydrogen) atoms. The molecule has 0 spiro atoms. The summed E-state index contributed by atoms with van der Waals surface area (Å²) in [6.45, 7) is 0. The fourth-order valence-corrected chi connectivity index (χ4v) is 8.16. The zero-order valence-electron chi connectivity index (χ0n) is 11.9. The molecule has 0 fully saturated rings. The minimum atomic E-state index is 0.951. The van der Waals surface area contributed by atoms with E-state index in [4.69, 9.17) is 0 Å². The molecule has 0 aliphatic heterocycles. The van der Waals surface area contributed by atoms with Gasteiger partial charge in [0.25, 0.3) is 0 Å². The van der Waals surface area contributed by atoms with Gasteiger partial charge in [-0.05, 0) is 94.8 Å². The Bertz CT molecular complexity index is 443. The van der Waals surface area contributed by atoms with Gasteiger partial charge in [0, 0.05) is 29.4 Å². The van der Waals surface area contributed by atoms with Crippen molar-refractivity contribution in [3.63, 3.8) is 0 Å². The second-order valence-electron chi connectivity index (χ2n) is 4.47. The third kappa shape index (κ3) is 7.04. The van der Waals surface area contributed by atoms with Crippen molar-refractivity contribution in [3.8, 4) is 0 Å². The van der Waals surface area contributed by atoms with Gasteiger partial charge >= 0.3 is 0 Å². The molecular formula is C14H18Br4S4. The van der Waals surface area contributed by atoms with Gasteiger partial charge in [0.1, 0.15) is 0 Å². The van der Waals surface area contributed by atoms with Crippen LogP contribution < -0.4 is 0 Å². The lowest BCUT2D eigenvalue weighted by molar-refractivity contribution is 1.12. The summed E-state index contributed by atoms with van der Waals surface area (Å²) in [7, 11) is 0. The summed E-state index contributed by atoms with van der Waals surface area (Å²) in [6.07, 6.45) is 2.29. The van der Waals surface area contributed by atoms with Crippen molar-refractivity contribution in [2.24, 2.45) is 0 Å². The van der Waals surface area contributed by atoms with Gasteiger partial charge in [0.2, 0.25) is 0 Å². The Balaban J connectivity index is 2.89. The van der Waals surface area contributed by atoms with Crippen molar-refractivity contribution in [3.05, 3.63) is 29.0 Å². The molecule has 0 radical (unpaired) electrons. The van der Waals surface area contributed by atoms with E-state index >= 15 is 0 Å². The van der Waals surface area contributed by atoms with E-state index in [2.05, 4.69) is 89.0 Å². The normalized spacial score (nSPS) is 11.2. The van der Waals surface area contributed by atoms with E-state index in [1.807, 2.05) is 23.5 Å². The Hall–Kier alpha value is 2.54. The van der Waals surface area contributed by atoms with Gasteiger partial charge < -0.3 is 0 Å². The minimum absolute atomic E-state index is 0.951. The van der Waals surface area contributed by atoms with Gasteiger partial charge in [-0.25, -0.2) is 0 Å². The molecule has 0 atom stereocenters. The quantitative estimate of drug-likeness (QED) is 0.117. The lowest BCUT2D eigenvalue weighted by atomic mass is 10.1. The van der Waals surface area contributed by atoms with Crippen molar-refractivity contribution >= 4 is 113 Å². The molecule has 8 heteroatoms. The average Bonchev–Trinajstić information content (AvgIpc) is 2.51. The molecule has 0 bridgehead atoms. The van der Waals surface area contributed by atoms with Crippen LogP contribution in [0.3, 0.4) is 0 Å². The molecule has 1 aromatic carbocycles. The smallest absolute Gasteiger partial charge is 0.0466 e. The van der Waals surface area contributed by atoms with Gasteiger partial charge in [-0.3, -0.25) is 0 Å². The van der Waals surface area contributed by atoms with Gasteiger partial charge in [-0.15, -0.1) is 0 Å². The highest BCUT2D eigenvalue weighted by molar-refractivity contribution is 9.14. The predicted octanol–water partition coefficient (Wildman–Crippen LogP) is 7.84. The number of hydrogen-bond donors (Lipinski definition) is 2. The second-order valence-corrected chi connectivity index (χ2v) is 10.7. The summed E-state index contributed by atoms with van der Waals surface area (Å²) in [5, 5.41) is 0. The SMILES string of the molecule is SCCCSCc1c(Br)c(Br)c(Br)c(CSCCCS)c1Br. The molecule has 1 rings (SSSR count). The van der Waals surface area contributed by atoms with Crippen LogP contribution in [0.2, 0.25) is 0 Å². The summed E-state index contributed by atoms with van der Waals surface area (Å²) in [4.78, 5) is 0. The van der Waals surface area contributed by atoms with Crippen LogP contribution >= 0.6 is 113 Å². The molecule has 0 saturated heterocycles. The largest absolute Gasteiger partial charge is 0.179 e. The summed E-state index contributed by atoms with van der Waals surface area (Å²) in [6, 6.07) is 0. The molecule has 0 aromatic heterocycles. The standard InChI is InChI=1S/C14H18Br4S4/c15-11-9(7-21-5-1-3-19)12(16)14(18)13(17)10(11)8-22-6-2-4-20/h19-20H,1-8H2. The first-order valence-corrected chi connectivity index (χ1v) is 13.5. The van der Waals surface area contributed by atoms with Crippen LogP contribution in [0.1, 0.15) is 24.0 Å². The summed E-state index contributed by atoms with van der Waals surface area (Å²) >= 11 is 27.4. The van der Waals surface area contributed by atoms with E-state index in [1.165, 1.54) is 15.6 Å². The highest BCUT2D eigenvalue weighted by Gasteiger charge is 2.18. The molecule has 0 saturated carbocycles. The van der Waals surface area contributed by atoms with E-state index in [0.29, 0.717) is 0 Å². The van der Waals surface area contributed by atoms with Crippen molar-refractivity contribution in [1.29, 1.82) is 0 Å². The third-order valence-electron chi connectivity index (χ3n) is 2.83. The highest BCUT2D eigenvalue weighted by Crippen LogP contribution is 2.44. The van der Waals surface area contributed by atoms with Gasteiger partial charge in [-0.2, -0.15) is 48.8 Å². The van der Waals surface area contributed by atoms with Crippen molar-refractivity contribution in [2.45, 2.75) is 24.3 Å². The summed E-state index contributed by atoms with van der Waals surface area (Å²) < 4.78 is 4.58. The molecule has 1 aromatic rings. The lowest BCUT2D eigenvalue weighted by Crippen LogP contribution is -1.97. The Morgan fingerprint density at radius 2 is 1.05 bits per heavy atom. The van der Waals surface area contributed by atoms with Crippen LogP contribution in [-0.2, 0) is 11.5 Å². The number of halogens is 4. The Kier molecular flexibility index (Phi) is 13.2. The molecule has 0 aliphatic rings. The molecule has 0 unspecified atom stereocenters. The highest BCUT2D eigenvalue weighted by atomic mass is 79.9. The fourth-order valence-electron chi connectivity index (χ4n) is 1.67. The van der Waals surface area contributed by atoms with E-state index in [0.717, 1.165) is 60.8 Å². The number of benzene rings is 1. The first-order chi connectivity index (χ1) is 10.5. The van der Waals surface area contributed by atoms with E-state index < -0.39 is 0 Å².